The van der Waals surface area contributed by atoms with Crippen LogP contribution in [0.15, 0.2) is 47.5 Å². The highest BCUT2D eigenvalue weighted by atomic mass is 16.2. The lowest BCUT2D eigenvalue weighted by Gasteiger charge is -2.16. The fraction of sp³-hybridized carbons (Fsp3) is 0.214. The summed E-state index contributed by atoms with van der Waals surface area (Å²) < 4.78 is 0. The number of aromatic nitrogens is 2. The molecule has 0 aliphatic heterocycles. The molecule has 2 aromatic rings. The molecule has 5 nitrogen and oxygen atoms in total. The first-order valence-corrected chi connectivity index (χ1v) is 6.00. The molecular weight excluding hydrogens is 242 g/mol. The van der Waals surface area contributed by atoms with Crippen molar-refractivity contribution < 1.29 is 4.79 Å². The number of nitrogens with one attached hydrogen (secondary N) is 1. The molecule has 2 aromatic heterocycles. The van der Waals surface area contributed by atoms with Gasteiger partial charge in [-0.25, -0.2) is 0 Å². The van der Waals surface area contributed by atoms with E-state index < -0.39 is 0 Å². The Morgan fingerprint density at radius 3 is 2.68 bits per heavy atom. The van der Waals surface area contributed by atoms with E-state index in [9.17, 15) is 9.59 Å². The number of pyridine rings is 2. The van der Waals surface area contributed by atoms with Crippen molar-refractivity contribution in [2.45, 2.75) is 6.42 Å². The maximum atomic E-state index is 12.1. The van der Waals surface area contributed by atoms with E-state index in [4.69, 9.17) is 0 Å². The Bertz CT molecular complexity index is 607. The molecule has 0 aliphatic carbocycles. The molecule has 1 N–H and O–H groups in total. The predicted molar refractivity (Wildman–Crippen MR) is 72.0 cm³/mol. The van der Waals surface area contributed by atoms with Gasteiger partial charge in [-0.15, -0.1) is 0 Å². The standard InChI is InChI=1S/C14H15N3O2/c1-17(10-7-11-5-8-15-9-6-11)14(19)12-3-2-4-13(18)16-12/h2-6,8-9H,7,10H2,1H3,(H,16,18). The molecule has 1 amide bonds. The molecule has 0 atom stereocenters. The first-order chi connectivity index (χ1) is 9.16. The van der Waals surface area contributed by atoms with Crippen LogP contribution in [0.2, 0.25) is 0 Å². The minimum absolute atomic E-state index is 0.188. The van der Waals surface area contributed by atoms with Gasteiger partial charge in [0.25, 0.3) is 5.91 Å². The molecule has 5 heteroatoms. The molecule has 2 heterocycles. The normalized spacial score (nSPS) is 10.2. The number of H-pyrrole nitrogens is 1. The second kappa shape index (κ2) is 5.95. The molecule has 2 rings (SSSR count). The lowest BCUT2D eigenvalue weighted by atomic mass is 10.2. The molecule has 98 valence electrons. The van der Waals surface area contributed by atoms with Gasteiger partial charge < -0.3 is 9.88 Å². The van der Waals surface area contributed by atoms with Gasteiger partial charge in [0.05, 0.1) is 0 Å². The van der Waals surface area contributed by atoms with Gasteiger partial charge in [0.1, 0.15) is 5.69 Å². The maximum Gasteiger partial charge on any atom is 0.270 e. The van der Waals surface area contributed by atoms with Gasteiger partial charge in [-0.1, -0.05) is 6.07 Å². The third-order valence-electron chi connectivity index (χ3n) is 2.83. The van der Waals surface area contributed by atoms with Crippen LogP contribution in [0.4, 0.5) is 0 Å². The van der Waals surface area contributed by atoms with E-state index in [1.54, 1.807) is 36.5 Å². The highest BCUT2D eigenvalue weighted by Crippen LogP contribution is 2.02. The molecule has 0 unspecified atom stereocenters. The second-order valence-electron chi connectivity index (χ2n) is 4.26. The zero-order valence-corrected chi connectivity index (χ0v) is 10.7. The first kappa shape index (κ1) is 13.0. The summed E-state index contributed by atoms with van der Waals surface area (Å²) in [6.07, 6.45) is 4.21. The molecule has 0 aromatic carbocycles. The molecular formula is C14H15N3O2. The number of carbonyl (C=O) groups is 1. The van der Waals surface area contributed by atoms with Crippen molar-refractivity contribution >= 4 is 5.91 Å². The quantitative estimate of drug-likeness (QED) is 0.891. The van der Waals surface area contributed by atoms with Gasteiger partial charge in [-0.05, 0) is 30.2 Å². The van der Waals surface area contributed by atoms with Crippen molar-refractivity contribution in [1.82, 2.24) is 14.9 Å². The van der Waals surface area contributed by atoms with Crippen LogP contribution in [0.25, 0.3) is 0 Å². The Morgan fingerprint density at radius 2 is 2.00 bits per heavy atom. The molecule has 0 saturated carbocycles. The van der Waals surface area contributed by atoms with Crippen LogP contribution in [0.3, 0.4) is 0 Å². The van der Waals surface area contributed by atoms with Gasteiger partial charge in [0, 0.05) is 32.1 Å². The Morgan fingerprint density at radius 1 is 1.26 bits per heavy atom. The van der Waals surface area contributed by atoms with Gasteiger partial charge in [-0.2, -0.15) is 0 Å². The number of carbonyl (C=O) groups excluding carboxylic acids is 1. The highest BCUT2D eigenvalue weighted by Gasteiger charge is 2.11. The number of likely N-dealkylation sites (N-methyl/N-ethyl adjacent to an activating group) is 1. The number of aromatic amines is 1. The number of nitrogens with zero attached hydrogens (tertiary/aromatic N) is 2. The van der Waals surface area contributed by atoms with Crippen LogP contribution in [0, 0.1) is 0 Å². The van der Waals surface area contributed by atoms with Crippen LogP contribution in [-0.4, -0.2) is 34.4 Å². The molecule has 0 spiro atoms. The second-order valence-corrected chi connectivity index (χ2v) is 4.26. The average Bonchev–Trinajstić information content (AvgIpc) is 2.45. The molecule has 0 saturated heterocycles. The minimum atomic E-state index is -0.270. The van der Waals surface area contributed by atoms with Crippen LogP contribution in [0.1, 0.15) is 16.1 Å². The third kappa shape index (κ3) is 3.51. The molecule has 0 radical (unpaired) electrons. The summed E-state index contributed by atoms with van der Waals surface area (Å²) in [4.78, 5) is 31.3. The fourth-order valence-corrected chi connectivity index (χ4v) is 1.73. The zero-order chi connectivity index (χ0) is 13.7. The lowest BCUT2D eigenvalue weighted by Crippen LogP contribution is -2.30. The molecule has 0 bridgehead atoms. The summed E-state index contributed by atoms with van der Waals surface area (Å²) in [6, 6.07) is 8.40. The summed E-state index contributed by atoms with van der Waals surface area (Å²) >= 11 is 0. The van der Waals surface area contributed by atoms with Crippen molar-refractivity contribution in [3.8, 4) is 0 Å². The van der Waals surface area contributed by atoms with Crippen molar-refractivity contribution in [2.75, 3.05) is 13.6 Å². The summed E-state index contributed by atoms with van der Waals surface area (Å²) in [5.41, 5.74) is 1.16. The number of hydrogen-bond acceptors (Lipinski definition) is 3. The van der Waals surface area contributed by atoms with E-state index in [-0.39, 0.29) is 11.5 Å². The molecule has 19 heavy (non-hydrogen) atoms. The number of rotatable bonds is 4. The van der Waals surface area contributed by atoms with Crippen LogP contribution in [-0.2, 0) is 6.42 Å². The van der Waals surface area contributed by atoms with Crippen molar-refractivity contribution in [2.24, 2.45) is 0 Å². The topological polar surface area (TPSA) is 66.1 Å². The summed E-state index contributed by atoms with van der Waals surface area (Å²) in [6.45, 7) is 0.583. The van der Waals surface area contributed by atoms with E-state index in [2.05, 4.69) is 9.97 Å². The Hall–Kier alpha value is -2.43. The van der Waals surface area contributed by atoms with E-state index in [0.717, 1.165) is 12.0 Å². The fourth-order valence-electron chi connectivity index (χ4n) is 1.73. The van der Waals surface area contributed by atoms with Crippen LogP contribution < -0.4 is 5.56 Å². The monoisotopic (exact) mass is 257 g/mol. The Labute approximate surface area is 110 Å². The Kier molecular flexibility index (Phi) is 4.07. The smallest absolute Gasteiger partial charge is 0.270 e. The minimum Gasteiger partial charge on any atom is -0.340 e. The van der Waals surface area contributed by atoms with Gasteiger partial charge in [0.2, 0.25) is 5.56 Å². The van der Waals surface area contributed by atoms with E-state index in [1.165, 1.54) is 6.07 Å². The number of hydrogen-bond donors (Lipinski definition) is 1. The number of amides is 1. The molecule has 0 fully saturated rings. The predicted octanol–water partition coefficient (Wildman–Crippen LogP) is 1.08. The summed E-state index contributed by atoms with van der Waals surface area (Å²) in [5.74, 6) is -0.188. The zero-order valence-electron chi connectivity index (χ0n) is 10.7. The van der Waals surface area contributed by atoms with E-state index in [0.29, 0.717) is 12.2 Å². The average molecular weight is 257 g/mol. The third-order valence-corrected chi connectivity index (χ3v) is 2.83. The largest absolute Gasteiger partial charge is 0.340 e. The van der Waals surface area contributed by atoms with Crippen LogP contribution in [0.5, 0.6) is 0 Å². The van der Waals surface area contributed by atoms with Gasteiger partial charge in [0.15, 0.2) is 0 Å². The van der Waals surface area contributed by atoms with E-state index in [1.807, 2.05) is 12.1 Å². The molecule has 0 aliphatic rings. The van der Waals surface area contributed by atoms with Gasteiger partial charge in [-0.3, -0.25) is 14.6 Å². The van der Waals surface area contributed by atoms with Crippen molar-refractivity contribution in [3.63, 3.8) is 0 Å². The van der Waals surface area contributed by atoms with Crippen LogP contribution >= 0.6 is 0 Å². The summed E-state index contributed by atoms with van der Waals surface area (Å²) in [7, 11) is 1.72. The van der Waals surface area contributed by atoms with Crippen molar-refractivity contribution in [1.29, 1.82) is 0 Å². The SMILES string of the molecule is CN(CCc1ccncc1)C(=O)c1cccc(=O)[nH]1. The first-order valence-electron chi connectivity index (χ1n) is 6.00. The highest BCUT2D eigenvalue weighted by molar-refractivity contribution is 5.92. The van der Waals surface area contributed by atoms with Gasteiger partial charge >= 0.3 is 0 Å². The Balaban J connectivity index is 1.98. The van der Waals surface area contributed by atoms with Crippen molar-refractivity contribution in [3.05, 3.63) is 64.3 Å². The summed E-state index contributed by atoms with van der Waals surface area (Å²) in [5, 5.41) is 0. The van der Waals surface area contributed by atoms with E-state index >= 15 is 0 Å². The lowest BCUT2D eigenvalue weighted by molar-refractivity contribution is 0.0790. The maximum absolute atomic E-state index is 12.1.